The third-order valence-corrected chi connectivity index (χ3v) is 4.76. The predicted octanol–water partition coefficient (Wildman–Crippen LogP) is -1.68. The van der Waals surface area contributed by atoms with Gasteiger partial charge in [-0.25, -0.2) is 4.79 Å². The number of carboxylic acid groups (broad SMARTS) is 1. The standard InChI is InChI=1S/C19H36N4O7/c1-6-10(4)14(20)17(27)23-15(11(5)25)18(28)21-12(7-9(2)3)16(26)22-13(8-24)19(29)30/h9-15,24-25H,6-8,20H2,1-5H3,(H,21,28)(H,22,26)(H,23,27)(H,29,30). The first-order chi connectivity index (χ1) is 13.8. The molecule has 0 aromatic rings. The normalized spacial score (nSPS) is 17.2. The molecule has 3 amide bonds. The maximum Gasteiger partial charge on any atom is 0.328 e. The Morgan fingerprint density at radius 1 is 0.900 bits per heavy atom. The molecule has 6 unspecified atom stereocenters. The number of hydrogen-bond acceptors (Lipinski definition) is 7. The number of aliphatic hydroxyl groups excluding tert-OH is 2. The minimum absolute atomic E-state index is 0.0446. The molecule has 0 bridgehead atoms. The molecule has 0 radical (unpaired) electrons. The van der Waals surface area contributed by atoms with Crippen LogP contribution >= 0.6 is 0 Å². The number of carbonyl (C=O) groups excluding carboxylic acids is 3. The van der Waals surface area contributed by atoms with Crippen LogP contribution in [-0.4, -0.2) is 75.9 Å². The van der Waals surface area contributed by atoms with E-state index < -0.39 is 60.6 Å². The smallest absolute Gasteiger partial charge is 0.328 e. The molecule has 0 heterocycles. The van der Waals surface area contributed by atoms with Crippen molar-refractivity contribution in [2.45, 2.75) is 77.7 Å². The molecule has 0 spiro atoms. The van der Waals surface area contributed by atoms with Crippen LogP contribution in [0.15, 0.2) is 0 Å². The lowest BCUT2D eigenvalue weighted by atomic mass is 9.98. The Kier molecular flexibility index (Phi) is 12.2. The molecule has 0 aromatic heterocycles. The number of hydrogen-bond donors (Lipinski definition) is 7. The van der Waals surface area contributed by atoms with Gasteiger partial charge >= 0.3 is 5.97 Å². The van der Waals surface area contributed by atoms with Crippen molar-refractivity contribution >= 4 is 23.7 Å². The van der Waals surface area contributed by atoms with Gasteiger partial charge in [-0.3, -0.25) is 14.4 Å². The van der Waals surface area contributed by atoms with Crippen LogP contribution in [0, 0.1) is 11.8 Å². The number of aliphatic carboxylic acids is 1. The molecule has 0 saturated heterocycles. The first kappa shape index (κ1) is 27.8. The van der Waals surface area contributed by atoms with Gasteiger partial charge in [-0.1, -0.05) is 34.1 Å². The van der Waals surface area contributed by atoms with Crippen LogP contribution in [0.2, 0.25) is 0 Å². The first-order valence-corrected chi connectivity index (χ1v) is 10.0. The van der Waals surface area contributed by atoms with Gasteiger partial charge in [0.05, 0.1) is 18.8 Å². The molecule has 0 aliphatic heterocycles. The second-order valence-electron chi connectivity index (χ2n) is 7.91. The lowest BCUT2D eigenvalue weighted by molar-refractivity contribution is -0.143. The van der Waals surface area contributed by atoms with E-state index in [1.165, 1.54) is 6.92 Å². The lowest BCUT2D eigenvalue weighted by Gasteiger charge is -2.27. The highest BCUT2D eigenvalue weighted by Gasteiger charge is 2.33. The molecule has 30 heavy (non-hydrogen) atoms. The van der Waals surface area contributed by atoms with Gasteiger partial charge in [-0.05, 0) is 25.2 Å². The Morgan fingerprint density at radius 3 is 1.83 bits per heavy atom. The summed E-state index contributed by atoms with van der Waals surface area (Å²) in [6, 6.07) is -4.89. The number of nitrogens with one attached hydrogen (secondary N) is 3. The minimum Gasteiger partial charge on any atom is -0.480 e. The molecule has 174 valence electrons. The van der Waals surface area contributed by atoms with E-state index in [-0.39, 0.29) is 18.3 Å². The van der Waals surface area contributed by atoms with E-state index in [0.717, 1.165) is 0 Å². The summed E-state index contributed by atoms with van der Waals surface area (Å²) < 4.78 is 0. The zero-order chi connectivity index (χ0) is 23.6. The Balaban J connectivity index is 5.38. The molecule has 0 fully saturated rings. The number of aliphatic hydroxyl groups is 2. The van der Waals surface area contributed by atoms with E-state index in [1.807, 2.05) is 6.92 Å². The fourth-order valence-corrected chi connectivity index (χ4v) is 2.59. The van der Waals surface area contributed by atoms with Crippen molar-refractivity contribution in [2.75, 3.05) is 6.61 Å². The first-order valence-electron chi connectivity index (χ1n) is 10.0. The number of nitrogens with two attached hydrogens (primary N) is 1. The van der Waals surface area contributed by atoms with Crippen molar-refractivity contribution in [2.24, 2.45) is 17.6 Å². The number of amides is 3. The molecule has 0 aliphatic rings. The summed E-state index contributed by atoms with van der Waals surface area (Å²) in [4.78, 5) is 48.5. The van der Waals surface area contributed by atoms with Gasteiger partial charge in [-0.15, -0.1) is 0 Å². The maximum atomic E-state index is 12.7. The quantitative estimate of drug-likeness (QED) is 0.179. The van der Waals surface area contributed by atoms with E-state index in [1.54, 1.807) is 20.8 Å². The van der Waals surface area contributed by atoms with Gasteiger partial charge in [0.2, 0.25) is 17.7 Å². The molecule has 11 heteroatoms. The van der Waals surface area contributed by atoms with Crippen LogP contribution < -0.4 is 21.7 Å². The molecular weight excluding hydrogens is 396 g/mol. The molecular formula is C19H36N4O7. The highest BCUT2D eigenvalue weighted by atomic mass is 16.4. The fraction of sp³-hybridized carbons (Fsp3) is 0.789. The average molecular weight is 433 g/mol. The summed E-state index contributed by atoms with van der Waals surface area (Å²) >= 11 is 0. The zero-order valence-electron chi connectivity index (χ0n) is 18.2. The average Bonchev–Trinajstić information content (AvgIpc) is 2.66. The summed E-state index contributed by atoms with van der Waals surface area (Å²) in [5, 5.41) is 35.1. The zero-order valence-corrected chi connectivity index (χ0v) is 18.2. The van der Waals surface area contributed by atoms with Gasteiger partial charge in [0, 0.05) is 0 Å². The number of rotatable bonds is 13. The molecule has 0 rings (SSSR count). The van der Waals surface area contributed by atoms with Gasteiger partial charge in [0.15, 0.2) is 0 Å². The summed E-state index contributed by atoms with van der Waals surface area (Å²) in [6.07, 6.45) is -0.459. The van der Waals surface area contributed by atoms with Crippen LogP contribution in [-0.2, 0) is 19.2 Å². The summed E-state index contributed by atoms with van der Waals surface area (Å²) in [5.41, 5.74) is 5.86. The van der Waals surface area contributed by atoms with Crippen molar-refractivity contribution < 1.29 is 34.5 Å². The summed E-state index contributed by atoms with van der Waals surface area (Å²) in [5.74, 6) is -3.84. The van der Waals surface area contributed by atoms with Crippen molar-refractivity contribution in [3.63, 3.8) is 0 Å². The highest BCUT2D eigenvalue weighted by Crippen LogP contribution is 2.08. The van der Waals surface area contributed by atoms with E-state index in [4.69, 9.17) is 15.9 Å². The van der Waals surface area contributed by atoms with Crippen LogP contribution in [0.4, 0.5) is 0 Å². The summed E-state index contributed by atoms with van der Waals surface area (Å²) in [7, 11) is 0. The van der Waals surface area contributed by atoms with Crippen LogP contribution in [0.25, 0.3) is 0 Å². The highest BCUT2D eigenvalue weighted by molar-refractivity contribution is 5.94. The second-order valence-corrected chi connectivity index (χ2v) is 7.91. The molecule has 11 nitrogen and oxygen atoms in total. The SMILES string of the molecule is CCC(C)C(N)C(=O)NC(C(=O)NC(CC(C)C)C(=O)NC(CO)C(=O)O)C(C)O. The fourth-order valence-electron chi connectivity index (χ4n) is 2.59. The third kappa shape index (κ3) is 9.06. The molecule has 8 N–H and O–H groups in total. The molecule has 0 aromatic carbocycles. The van der Waals surface area contributed by atoms with E-state index in [2.05, 4.69) is 16.0 Å². The Morgan fingerprint density at radius 2 is 1.43 bits per heavy atom. The van der Waals surface area contributed by atoms with Crippen molar-refractivity contribution in [3.8, 4) is 0 Å². The van der Waals surface area contributed by atoms with Gasteiger partial charge in [0.25, 0.3) is 0 Å². The van der Waals surface area contributed by atoms with Crippen LogP contribution in [0.1, 0.15) is 47.5 Å². The van der Waals surface area contributed by atoms with Gasteiger partial charge in [-0.2, -0.15) is 0 Å². The molecule has 6 atom stereocenters. The Hall–Kier alpha value is -2.24. The Labute approximate surface area is 176 Å². The van der Waals surface area contributed by atoms with Crippen molar-refractivity contribution in [1.29, 1.82) is 0 Å². The topological polar surface area (TPSA) is 191 Å². The molecule has 0 aliphatic carbocycles. The van der Waals surface area contributed by atoms with Crippen LogP contribution in [0.5, 0.6) is 0 Å². The van der Waals surface area contributed by atoms with Gasteiger partial charge in [0.1, 0.15) is 18.1 Å². The van der Waals surface area contributed by atoms with Crippen molar-refractivity contribution in [3.05, 3.63) is 0 Å². The van der Waals surface area contributed by atoms with E-state index in [9.17, 15) is 24.3 Å². The number of carbonyl (C=O) groups is 4. The van der Waals surface area contributed by atoms with Crippen LogP contribution in [0.3, 0.4) is 0 Å². The largest absolute Gasteiger partial charge is 0.480 e. The second kappa shape index (κ2) is 13.1. The van der Waals surface area contributed by atoms with Gasteiger partial charge < -0.3 is 37.0 Å². The van der Waals surface area contributed by atoms with Crippen molar-refractivity contribution in [1.82, 2.24) is 16.0 Å². The maximum absolute atomic E-state index is 12.7. The predicted molar refractivity (Wildman–Crippen MR) is 109 cm³/mol. The lowest BCUT2D eigenvalue weighted by Crippen LogP contribution is -2.60. The minimum atomic E-state index is -1.52. The van der Waals surface area contributed by atoms with E-state index >= 15 is 0 Å². The molecule has 0 saturated carbocycles. The monoisotopic (exact) mass is 432 g/mol. The van der Waals surface area contributed by atoms with E-state index in [0.29, 0.717) is 6.42 Å². The third-order valence-electron chi connectivity index (χ3n) is 4.76. The number of carboxylic acids is 1. The summed E-state index contributed by atoms with van der Waals surface area (Å²) in [6.45, 7) is 7.73. The Bertz CT molecular complexity index is 597.